The van der Waals surface area contributed by atoms with Crippen molar-refractivity contribution in [2.45, 2.75) is 31.5 Å². The maximum absolute atomic E-state index is 14.1. The molecule has 27 heavy (non-hydrogen) atoms. The normalized spacial score (nSPS) is 20.3. The third kappa shape index (κ3) is 4.45. The molecule has 3 rings (SSSR count). The molecular weight excluding hydrogens is 351 g/mol. The number of hydrogen-bond donors (Lipinski definition) is 2. The van der Waals surface area contributed by atoms with E-state index < -0.39 is 11.4 Å². The Balaban J connectivity index is 1.69. The van der Waals surface area contributed by atoms with Crippen molar-refractivity contribution in [3.8, 4) is 5.75 Å². The average Bonchev–Trinajstić information content (AvgIpc) is 3.13. The first-order valence-corrected chi connectivity index (χ1v) is 8.92. The van der Waals surface area contributed by atoms with Crippen molar-refractivity contribution >= 4 is 5.91 Å². The lowest BCUT2D eigenvalue weighted by Crippen LogP contribution is -2.57. The SMILES string of the molecule is COc1ccc(F)c(CN2CCC[C@@](O)(CN(C)Cc3ncc[nH]3)C2=O)c1. The van der Waals surface area contributed by atoms with E-state index in [0.717, 1.165) is 5.82 Å². The standard InChI is InChI=1S/C19H25FN4O3/c1-23(12-17-21-7-8-22-17)13-19(26)6-3-9-24(18(19)25)11-14-10-15(27-2)4-5-16(14)20/h4-5,7-8,10,26H,3,6,9,11-13H2,1-2H3,(H,21,22)/t19-/m1/s1. The largest absolute Gasteiger partial charge is 0.497 e. The molecule has 0 saturated carbocycles. The number of ether oxygens (including phenoxy) is 1. The van der Waals surface area contributed by atoms with E-state index in [1.165, 1.54) is 24.1 Å². The summed E-state index contributed by atoms with van der Waals surface area (Å²) in [5, 5.41) is 11.0. The minimum absolute atomic E-state index is 0.103. The van der Waals surface area contributed by atoms with Crippen LogP contribution in [0.1, 0.15) is 24.2 Å². The summed E-state index contributed by atoms with van der Waals surface area (Å²) in [5.41, 5.74) is -1.12. The van der Waals surface area contributed by atoms with Crippen LogP contribution < -0.4 is 4.74 Å². The van der Waals surface area contributed by atoms with Crippen LogP contribution in [-0.4, -0.2) is 63.6 Å². The molecule has 1 saturated heterocycles. The van der Waals surface area contributed by atoms with Crippen LogP contribution >= 0.6 is 0 Å². The molecular formula is C19H25FN4O3. The van der Waals surface area contributed by atoms with Gasteiger partial charge in [0.2, 0.25) is 0 Å². The number of imidazole rings is 1. The van der Waals surface area contributed by atoms with Crippen LogP contribution in [0.3, 0.4) is 0 Å². The van der Waals surface area contributed by atoms with E-state index in [2.05, 4.69) is 9.97 Å². The number of nitrogens with one attached hydrogen (secondary N) is 1. The van der Waals surface area contributed by atoms with E-state index in [1.54, 1.807) is 18.5 Å². The van der Waals surface area contributed by atoms with Crippen LogP contribution in [0.5, 0.6) is 5.75 Å². The molecule has 1 aromatic heterocycles. The topological polar surface area (TPSA) is 81.7 Å². The molecule has 1 aliphatic rings. The molecule has 1 amide bonds. The van der Waals surface area contributed by atoms with Gasteiger partial charge in [-0.1, -0.05) is 0 Å². The number of rotatable bonds is 7. The van der Waals surface area contributed by atoms with Gasteiger partial charge in [0.1, 0.15) is 17.4 Å². The Labute approximate surface area is 157 Å². The number of aliphatic hydroxyl groups is 1. The van der Waals surface area contributed by atoms with Crippen molar-refractivity contribution < 1.29 is 19.0 Å². The van der Waals surface area contributed by atoms with Crippen molar-refractivity contribution in [3.05, 3.63) is 47.8 Å². The number of amides is 1. The van der Waals surface area contributed by atoms with Crippen molar-refractivity contribution in [2.24, 2.45) is 0 Å². The Morgan fingerprint density at radius 3 is 3.00 bits per heavy atom. The van der Waals surface area contributed by atoms with Gasteiger partial charge in [-0.2, -0.15) is 0 Å². The maximum atomic E-state index is 14.1. The number of hydrogen-bond acceptors (Lipinski definition) is 5. The lowest BCUT2D eigenvalue weighted by atomic mass is 9.90. The summed E-state index contributed by atoms with van der Waals surface area (Å²) in [5.74, 6) is 0.527. The van der Waals surface area contributed by atoms with Crippen molar-refractivity contribution in [2.75, 3.05) is 27.2 Å². The van der Waals surface area contributed by atoms with Gasteiger partial charge < -0.3 is 19.7 Å². The van der Waals surface area contributed by atoms with Gasteiger partial charge in [0.05, 0.1) is 13.7 Å². The van der Waals surface area contributed by atoms with Gasteiger partial charge in [0.25, 0.3) is 5.91 Å². The second-order valence-corrected chi connectivity index (χ2v) is 7.03. The van der Waals surface area contributed by atoms with Crippen molar-refractivity contribution in [3.63, 3.8) is 0 Å². The molecule has 1 atom stereocenters. The van der Waals surface area contributed by atoms with Crippen LogP contribution in [-0.2, 0) is 17.9 Å². The Morgan fingerprint density at radius 2 is 2.30 bits per heavy atom. The molecule has 2 aromatic rings. The zero-order valence-electron chi connectivity index (χ0n) is 15.6. The zero-order chi connectivity index (χ0) is 19.4. The Kier molecular flexibility index (Phi) is 5.76. The van der Waals surface area contributed by atoms with Crippen LogP contribution in [0.15, 0.2) is 30.6 Å². The van der Waals surface area contributed by atoms with E-state index in [0.29, 0.717) is 37.2 Å². The number of aromatic nitrogens is 2. The third-order valence-corrected chi connectivity index (χ3v) is 4.82. The number of likely N-dealkylation sites (tertiary alicyclic amines) is 1. The van der Waals surface area contributed by atoms with Gasteiger partial charge in [0, 0.05) is 37.6 Å². The molecule has 0 bridgehead atoms. The second kappa shape index (κ2) is 8.06. The summed E-state index contributed by atoms with van der Waals surface area (Å²) < 4.78 is 19.3. The van der Waals surface area contributed by atoms with Gasteiger partial charge in [-0.25, -0.2) is 9.37 Å². The van der Waals surface area contributed by atoms with E-state index >= 15 is 0 Å². The van der Waals surface area contributed by atoms with Gasteiger partial charge in [-0.3, -0.25) is 9.69 Å². The van der Waals surface area contributed by atoms with Gasteiger partial charge in [-0.05, 0) is 38.1 Å². The number of halogens is 1. The highest BCUT2D eigenvalue weighted by Crippen LogP contribution is 2.27. The minimum Gasteiger partial charge on any atom is -0.497 e. The predicted molar refractivity (Wildman–Crippen MR) is 97.5 cm³/mol. The number of likely N-dealkylation sites (N-methyl/N-ethyl adjacent to an activating group) is 1. The molecule has 1 aliphatic heterocycles. The second-order valence-electron chi connectivity index (χ2n) is 7.03. The van der Waals surface area contributed by atoms with Crippen LogP contribution in [0.2, 0.25) is 0 Å². The number of carbonyl (C=O) groups excluding carboxylic acids is 1. The number of nitrogens with zero attached hydrogens (tertiary/aromatic N) is 3. The Hall–Kier alpha value is -2.45. The highest BCUT2D eigenvalue weighted by molar-refractivity contribution is 5.86. The summed E-state index contributed by atoms with van der Waals surface area (Å²) >= 11 is 0. The number of piperidine rings is 1. The molecule has 146 valence electrons. The predicted octanol–water partition coefficient (Wildman–Crippen LogP) is 1.54. The quantitative estimate of drug-likeness (QED) is 0.766. The zero-order valence-corrected chi connectivity index (χ0v) is 15.6. The number of benzene rings is 1. The number of carbonyl (C=O) groups is 1. The van der Waals surface area contributed by atoms with E-state index in [1.807, 2.05) is 11.9 Å². The summed E-state index contributed by atoms with van der Waals surface area (Å²) in [6, 6.07) is 4.45. The van der Waals surface area contributed by atoms with Gasteiger partial charge in [0.15, 0.2) is 5.60 Å². The fourth-order valence-corrected chi connectivity index (χ4v) is 3.51. The maximum Gasteiger partial charge on any atom is 0.256 e. The summed E-state index contributed by atoms with van der Waals surface area (Å²) in [6.07, 6.45) is 4.43. The molecule has 0 unspecified atom stereocenters. The smallest absolute Gasteiger partial charge is 0.256 e. The first-order chi connectivity index (χ1) is 12.9. The summed E-state index contributed by atoms with van der Waals surface area (Å²) in [4.78, 5) is 23.5. The molecule has 0 radical (unpaired) electrons. The van der Waals surface area contributed by atoms with Crippen LogP contribution in [0, 0.1) is 5.82 Å². The Morgan fingerprint density at radius 1 is 1.48 bits per heavy atom. The molecule has 7 nitrogen and oxygen atoms in total. The van der Waals surface area contributed by atoms with Crippen LogP contribution in [0.4, 0.5) is 4.39 Å². The lowest BCUT2D eigenvalue weighted by Gasteiger charge is -2.40. The first kappa shape index (κ1) is 19.3. The molecule has 0 aliphatic carbocycles. The summed E-state index contributed by atoms with van der Waals surface area (Å²) in [6.45, 7) is 1.27. The van der Waals surface area contributed by atoms with E-state index in [9.17, 15) is 14.3 Å². The van der Waals surface area contributed by atoms with E-state index in [4.69, 9.17) is 4.74 Å². The molecule has 2 heterocycles. The van der Waals surface area contributed by atoms with Gasteiger partial charge >= 0.3 is 0 Å². The average molecular weight is 376 g/mol. The highest BCUT2D eigenvalue weighted by atomic mass is 19.1. The summed E-state index contributed by atoms with van der Waals surface area (Å²) in [7, 11) is 3.34. The number of aromatic amines is 1. The molecule has 8 heteroatoms. The van der Waals surface area contributed by atoms with E-state index in [-0.39, 0.29) is 19.0 Å². The van der Waals surface area contributed by atoms with Crippen molar-refractivity contribution in [1.82, 2.24) is 19.8 Å². The fraction of sp³-hybridized carbons (Fsp3) is 0.474. The Bertz CT molecular complexity index is 783. The molecule has 1 aromatic carbocycles. The number of H-pyrrole nitrogens is 1. The minimum atomic E-state index is -1.49. The third-order valence-electron chi connectivity index (χ3n) is 4.82. The molecule has 0 spiro atoms. The molecule has 2 N–H and O–H groups in total. The first-order valence-electron chi connectivity index (χ1n) is 8.92. The monoisotopic (exact) mass is 376 g/mol. The number of methoxy groups -OCH3 is 1. The highest BCUT2D eigenvalue weighted by Gasteiger charge is 2.43. The van der Waals surface area contributed by atoms with Crippen molar-refractivity contribution in [1.29, 1.82) is 0 Å². The molecule has 1 fully saturated rings. The van der Waals surface area contributed by atoms with Gasteiger partial charge in [-0.15, -0.1) is 0 Å². The fourth-order valence-electron chi connectivity index (χ4n) is 3.51. The van der Waals surface area contributed by atoms with Crippen LogP contribution in [0.25, 0.3) is 0 Å². The lowest BCUT2D eigenvalue weighted by molar-refractivity contribution is -0.160.